The van der Waals surface area contributed by atoms with Crippen molar-refractivity contribution in [3.05, 3.63) is 24.3 Å². The zero-order valence-electron chi connectivity index (χ0n) is 5.11. The Labute approximate surface area is 63.1 Å². The smallest absolute Gasteiger partial charge is 0.0178 e. The predicted molar refractivity (Wildman–Crippen MR) is 37.7 cm³/mol. The summed E-state index contributed by atoms with van der Waals surface area (Å²) in [5.74, 6) is 0. The maximum atomic E-state index is 8.81. The van der Waals surface area contributed by atoms with Crippen molar-refractivity contribution < 1.29 is 11.9 Å². The van der Waals surface area contributed by atoms with Crippen LogP contribution in [0.3, 0.4) is 0 Å². The molecule has 0 amide bonds. The molecule has 0 saturated heterocycles. The van der Waals surface area contributed by atoms with Gasteiger partial charge in [-0.3, -0.25) is 0 Å². The zero-order valence-corrected chi connectivity index (χ0v) is 7.21. The van der Waals surface area contributed by atoms with Crippen molar-refractivity contribution in [3.8, 4) is 11.1 Å². The van der Waals surface area contributed by atoms with E-state index < -0.39 is 15.3 Å². The summed E-state index contributed by atoms with van der Waals surface area (Å²) in [4.78, 5) is 0. The van der Waals surface area contributed by atoms with Crippen LogP contribution in [0.1, 0.15) is 0 Å². The third-order valence-corrected chi connectivity index (χ3v) is 1.11. The summed E-state index contributed by atoms with van der Waals surface area (Å²) in [7, 11) is 0. The van der Waals surface area contributed by atoms with E-state index in [-0.39, 0.29) is 0 Å². The van der Waals surface area contributed by atoms with E-state index in [1.165, 1.54) is 11.1 Å². The maximum Gasteiger partial charge on any atom is -0.0178 e. The van der Waals surface area contributed by atoms with Crippen LogP contribution in [-0.4, -0.2) is 23.5 Å². The van der Waals surface area contributed by atoms with E-state index in [9.17, 15) is 0 Å². The Morgan fingerprint density at radius 2 is 1.60 bits per heavy atom. The van der Waals surface area contributed by atoms with Gasteiger partial charge < -0.3 is 0 Å². The summed E-state index contributed by atoms with van der Waals surface area (Å²) >= 11 is -3.58. The van der Waals surface area contributed by atoms with E-state index in [0.29, 0.717) is 0 Å². The van der Waals surface area contributed by atoms with Crippen LogP contribution in [0, 0.1) is 0 Å². The van der Waals surface area contributed by atoms with Gasteiger partial charge in [0, 0.05) is 0 Å². The van der Waals surface area contributed by atoms with Gasteiger partial charge in [-0.2, -0.15) is 0 Å². The van der Waals surface area contributed by atoms with Crippen LogP contribution in [0.2, 0.25) is 0 Å². The molecule has 0 aliphatic heterocycles. The van der Waals surface area contributed by atoms with E-state index in [2.05, 4.69) is 24.3 Å². The van der Waals surface area contributed by atoms with Gasteiger partial charge in [0.2, 0.25) is 0 Å². The minimum Gasteiger partial charge on any atom is -0.0610 e. The Kier molecular flexibility index (Phi) is 2.33. The first-order chi connectivity index (χ1) is 4.70. The van der Waals surface area contributed by atoms with E-state index in [1.807, 2.05) is 0 Å². The number of fused-ring (bicyclic) bond motifs is 1. The number of rotatable bonds is 0. The third kappa shape index (κ3) is 2.40. The fourth-order valence-corrected chi connectivity index (χ4v) is 0.676. The summed E-state index contributed by atoms with van der Waals surface area (Å²) in [5.41, 5.74) is 2.85. The molecule has 2 N–H and O–H groups in total. The van der Waals surface area contributed by atoms with Crippen molar-refractivity contribution in [1.29, 1.82) is 0 Å². The van der Waals surface area contributed by atoms with Gasteiger partial charge in [-0.05, 0) is 17.2 Å². The molecule has 2 aliphatic carbocycles. The Balaban J connectivity index is 0.000000112. The third-order valence-electron chi connectivity index (χ3n) is 1.11. The van der Waals surface area contributed by atoms with Crippen LogP contribution in [-0.2, 0) is 3.74 Å². The molecule has 0 aromatic rings. The topological polar surface area (TPSA) is 57.5 Å². The van der Waals surface area contributed by atoms with Crippen molar-refractivity contribution in [1.82, 2.24) is 0 Å². The molecule has 0 spiro atoms. The second-order valence-corrected chi connectivity index (χ2v) is 3.05. The zero-order chi connectivity index (χ0) is 7.56. The van der Waals surface area contributed by atoms with Gasteiger partial charge >= 0.3 is 27.2 Å². The Bertz CT molecular complexity index is 238. The molecule has 0 atom stereocenters. The van der Waals surface area contributed by atoms with Gasteiger partial charge in [-0.25, -0.2) is 0 Å². The molecule has 2 rings (SSSR count). The molecule has 0 aromatic heterocycles. The van der Waals surface area contributed by atoms with Crippen LogP contribution in [0.25, 0.3) is 11.1 Å². The van der Waals surface area contributed by atoms with Gasteiger partial charge in [-0.15, -0.1) is 0 Å². The first-order valence-electron chi connectivity index (χ1n) is 2.72. The molecule has 0 unspecified atom stereocenters. The van der Waals surface area contributed by atoms with Gasteiger partial charge in [0.15, 0.2) is 0 Å². The molecule has 0 bridgehead atoms. The quantitative estimate of drug-likeness (QED) is 0.581. The average molecular weight is 202 g/mol. The molecular weight excluding hydrogens is 195 g/mol. The van der Waals surface area contributed by atoms with E-state index in [0.717, 1.165) is 0 Å². The number of benzene rings is 1. The fraction of sp³-hybridized carbons (Fsp3) is 0. The number of hydrogen-bond donors (Lipinski definition) is 2. The van der Waals surface area contributed by atoms with Crippen molar-refractivity contribution in [3.63, 3.8) is 0 Å². The molecule has 0 heterocycles. The largest absolute Gasteiger partial charge is 0.0610 e. The Hall–Kier alpha value is -0.502. The average Bonchev–Trinajstić information content (AvgIpc) is 2.40. The Morgan fingerprint density at radius 1 is 1.20 bits per heavy atom. The minimum atomic E-state index is -3.58. The molecule has 10 heavy (non-hydrogen) atoms. The number of hydrogen-bond acceptors (Lipinski definition) is 1. The standard InChI is InChI=1S/C6H4.AsH3O3/c1-2-5-4-6(5)3-1;2-1(3)4/h1-4H;1H,(H2,2,3,4). The fourth-order valence-electron chi connectivity index (χ4n) is 0.676. The van der Waals surface area contributed by atoms with Crippen LogP contribution in [0.15, 0.2) is 24.3 Å². The molecule has 4 heteroatoms. The molecule has 54 valence electrons. The van der Waals surface area contributed by atoms with Crippen molar-refractivity contribution in [2.75, 3.05) is 0 Å². The second-order valence-electron chi connectivity index (χ2n) is 1.86. The van der Waals surface area contributed by atoms with E-state index >= 15 is 0 Å². The monoisotopic (exact) mass is 202 g/mol. The van der Waals surface area contributed by atoms with Gasteiger partial charge in [0.1, 0.15) is 0 Å². The molecule has 2 aliphatic rings. The molecule has 0 radical (unpaired) electrons. The summed E-state index contributed by atoms with van der Waals surface area (Å²) in [6, 6.07) is 8.48. The van der Waals surface area contributed by atoms with E-state index in [4.69, 9.17) is 11.9 Å². The normalized spacial score (nSPS) is 10.3. The summed E-state index contributed by atoms with van der Waals surface area (Å²) in [6.45, 7) is 0. The Morgan fingerprint density at radius 3 is 1.70 bits per heavy atom. The van der Waals surface area contributed by atoms with Crippen LogP contribution >= 0.6 is 0 Å². The van der Waals surface area contributed by atoms with Gasteiger partial charge in [0.05, 0.1) is 0 Å². The van der Waals surface area contributed by atoms with E-state index in [1.54, 1.807) is 0 Å². The summed E-state index contributed by atoms with van der Waals surface area (Å²) < 4.78 is 23.2. The van der Waals surface area contributed by atoms with Crippen LogP contribution < -0.4 is 0 Å². The van der Waals surface area contributed by atoms with Gasteiger partial charge in [0.25, 0.3) is 0 Å². The van der Waals surface area contributed by atoms with Crippen molar-refractivity contribution >= 4 is 15.3 Å². The van der Waals surface area contributed by atoms with Gasteiger partial charge in [-0.1, -0.05) is 18.2 Å². The second kappa shape index (κ2) is 3.06. The summed E-state index contributed by atoms with van der Waals surface area (Å²) in [5, 5.41) is 0. The molecule has 0 aromatic carbocycles. The minimum absolute atomic E-state index is 1.43. The predicted octanol–water partition coefficient (Wildman–Crippen LogP) is -0.214. The van der Waals surface area contributed by atoms with Crippen molar-refractivity contribution in [2.24, 2.45) is 0 Å². The van der Waals surface area contributed by atoms with Crippen LogP contribution in [0.4, 0.5) is 0 Å². The molecule has 3 nitrogen and oxygen atoms in total. The SMILES string of the molecule is O=[AsH](O)O.c1cc2cc-2c1. The van der Waals surface area contributed by atoms with Crippen LogP contribution in [0.5, 0.6) is 0 Å². The maximum absolute atomic E-state index is 8.81. The first-order valence-corrected chi connectivity index (χ1v) is 5.46. The molecule has 0 saturated carbocycles. The first kappa shape index (κ1) is 7.60. The molecule has 0 fully saturated rings. The summed E-state index contributed by atoms with van der Waals surface area (Å²) in [6.07, 6.45) is 0. The molecular formula is C6H7AsO3. The van der Waals surface area contributed by atoms with Crippen molar-refractivity contribution in [2.45, 2.75) is 0 Å².